The van der Waals surface area contributed by atoms with Crippen molar-refractivity contribution < 1.29 is 4.79 Å². The zero-order chi connectivity index (χ0) is 16.8. The van der Waals surface area contributed by atoms with Crippen molar-refractivity contribution in [3.8, 4) is 0 Å². The van der Waals surface area contributed by atoms with E-state index in [-0.39, 0.29) is 5.91 Å². The van der Waals surface area contributed by atoms with Gasteiger partial charge in [0.1, 0.15) is 0 Å². The highest BCUT2D eigenvalue weighted by atomic mass is 32.2. The second-order valence-corrected chi connectivity index (χ2v) is 7.55. The lowest BCUT2D eigenvalue weighted by atomic mass is 10.0. The van der Waals surface area contributed by atoms with Crippen LogP contribution in [0.1, 0.15) is 42.1 Å². The van der Waals surface area contributed by atoms with E-state index in [0.29, 0.717) is 0 Å². The van der Waals surface area contributed by atoms with Crippen LogP contribution in [0.4, 0.5) is 0 Å². The molecule has 1 aromatic heterocycles. The number of carbonyl (C=O) groups excluding carboxylic acids is 1. The lowest BCUT2D eigenvalue weighted by Crippen LogP contribution is -2.31. The van der Waals surface area contributed by atoms with Gasteiger partial charge in [-0.15, -0.1) is 11.8 Å². The molecule has 1 atom stereocenters. The van der Waals surface area contributed by atoms with E-state index < -0.39 is 0 Å². The van der Waals surface area contributed by atoms with Crippen molar-refractivity contribution in [3.05, 3.63) is 59.9 Å². The smallest absolute Gasteiger partial charge is 0.253 e. The third kappa shape index (κ3) is 4.60. The van der Waals surface area contributed by atoms with Crippen LogP contribution < -0.4 is 0 Å². The van der Waals surface area contributed by atoms with Crippen LogP contribution in [0.5, 0.6) is 0 Å². The zero-order valence-electron chi connectivity index (χ0n) is 14.1. The molecule has 2 heterocycles. The van der Waals surface area contributed by atoms with Gasteiger partial charge in [0.2, 0.25) is 0 Å². The lowest BCUT2D eigenvalue weighted by molar-refractivity contribution is 0.0760. The second-order valence-electron chi connectivity index (χ2n) is 6.50. The first-order valence-corrected chi connectivity index (χ1v) is 9.62. The van der Waals surface area contributed by atoms with Gasteiger partial charge in [0.25, 0.3) is 5.91 Å². The van der Waals surface area contributed by atoms with Gasteiger partial charge in [-0.25, -0.2) is 0 Å². The summed E-state index contributed by atoms with van der Waals surface area (Å²) in [6, 6.07) is 12.1. The summed E-state index contributed by atoms with van der Waals surface area (Å²) in [6.45, 7) is 4.06. The molecule has 0 bridgehead atoms. The van der Waals surface area contributed by atoms with Gasteiger partial charge in [0.15, 0.2) is 0 Å². The van der Waals surface area contributed by atoms with Crippen molar-refractivity contribution >= 4 is 17.7 Å². The van der Waals surface area contributed by atoms with Gasteiger partial charge in [0, 0.05) is 41.7 Å². The van der Waals surface area contributed by atoms with Gasteiger partial charge < -0.3 is 4.90 Å². The summed E-state index contributed by atoms with van der Waals surface area (Å²) >= 11 is 1.77. The molecule has 4 heteroatoms. The third-order valence-corrected chi connectivity index (χ3v) is 5.62. The minimum Gasteiger partial charge on any atom is -0.339 e. The molecule has 0 aliphatic carbocycles. The Labute approximate surface area is 148 Å². The van der Waals surface area contributed by atoms with Crippen molar-refractivity contribution in [1.82, 2.24) is 9.88 Å². The maximum absolute atomic E-state index is 12.7. The van der Waals surface area contributed by atoms with Gasteiger partial charge in [-0.05, 0) is 61.1 Å². The number of hydrogen-bond donors (Lipinski definition) is 0. The standard InChI is InChI=1S/C20H24N2OS/c1-16-4-3-12-22(13-10-16)20(23)18-6-8-19(9-7-18)24-15-17-5-2-11-21-14-17/h2,5-9,11,14,16H,3-4,10,12-13,15H2,1H3/t16-/m1/s1. The van der Waals surface area contributed by atoms with E-state index in [0.717, 1.165) is 43.2 Å². The average molecular weight is 340 g/mol. The summed E-state index contributed by atoms with van der Waals surface area (Å²) in [5.74, 6) is 1.80. The van der Waals surface area contributed by atoms with Gasteiger partial charge in [0.05, 0.1) is 0 Å². The maximum Gasteiger partial charge on any atom is 0.253 e. The van der Waals surface area contributed by atoms with Crippen molar-refractivity contribution in [2.45, 2.75) is 36.8 Å². The minimum absolute atomic E-state index is 0.174. The number of carbonyl (C=O) groups is 1. The molecule has 0 saturated carbocycles. The molecule has 3 rings (SSSR count). The molecule has 1 aromatic carbocycles. The van der Waals surface area contributed by atoms with Crippen LogP contribution >= 0.6 is 11.8 Å². The van der Waals surface area contributed by atoms with Crippen LogP contribution in [0.15, 0.2) is 53.7 Å². The Kier molecular flexibility index (Phi) is 5.91. The molecule has 1 saturated heterocycles. The molecular formula is C20H24N2OS. The molecule has 1 aliphatic heterocycles. The number of hydrogen-bond acceptors (Lipinski definition) is 3. The van der Waals surface area contributed by atoms with Crippen LogP contribution in [0.25, 0.3) is 0 Å². The van der Waals surface area contributed by atoms with Crippen molar-refractivity contribution in [1.29, 1.82) is 0 Å². The summed E-state index contributed by atoms with van der Waals surface area (Å²) < 4.78 is 0. The summed E-state index contributed by atoms with van der Waals surface area (Å²) in [5.41, 5.74) is 2.01. The van der Waals surface area contributed by atoms with E-state index in [1.165, 1.54) is 16.9 Å². The molecule has 1 amide bonds. The van der Waals surface area contributed by atoms with Crippen molar-refractivity contribution in [2.24, 2.45) is 5.92 Å². The van der Waals surface area contributed by atoms with E-state index in [1.54, 1.807) is 18.0 Å². The largest absolute Gasteiger partial charge is 0.339 e. The van der Waals surface area contributed by atoms with Crippen molar-refractivity contribution in [3.63, 3.8) is 0 Å². The van der Waals surface area contributed by atoms with E-state index >= 15 is 0 Å². The Balaban J connectivity index is 1.58. The Morgan fingerprint density at radius 3 is 2.79 bits per heavy atom. The van der Waals surface area contributed by atoms with E-state index in [2.05, 4.69) is 30.1 Å². The fraction of sp³-hybridized carbons (Fsp3) is 0.400. The predicted molar refractivity (Wildman–Crippen MR) is 99.2 cm³/mol. The van der Waals surface area contributed by atoms with Gasteiger partial charge >= 0.3 is 0 Å². The molecule has 0 spiro atoms. The van der Waals surface area contributed by atoms with Crippen LogP contribution in [0, 0.1) is 5.92 Å². The highest BCUT2D eigenvalue weighted by molar-refractivity contribution is 7.98. The van der Waals surface area contributed by atoms with E-state index in [9.17, 15) is 4.79 Å². The minimum atomic E-state index is 0.174. The second kappa shape index (κ2) is 8.34. The lowest BCUT2D eigenvalue weighted by Gasteiger charge is -2.20. The quantitative estimate of drug-likeness (QED) is 0.761. The number of likely N-dealkylation sites (tertiary alicyclic amines) is 1. The Bertz CT molecular complexity index is 657. The predicted octanol–water partition coefficient (Wildman–Crippen LogP) is 4.64. The molecule has 1 aliphatic rings. The van der Waals surface area contributed by atoms with Gasteiger partial charge in [-0.3, -0.25) is 9.78 Å². The van der Waals surface area contributed by atoms with E-state index in [1.807, 2.05) is 29.3 Å². The fourth-order valence-electron chi connectivity index (χ4n) is 2.99. The summed E-state index contributed by atoms with van der Waals surface area (Å²) in [4.78, 5) is 20.0. The van der Waals surface area contributed by atoms with Gasteiger partial charge in [-0.1, -0.05) is 13.0 Å². The molecule has 126 valence electrons. The van der Waals surface area contributed by atoms with Crippen LogP contribution in [-0.4, -0.2) is 28.9 Å². The summed E-state index contributed by atoms with van der Waals surface area (Å²) in [5, 5.41) is 0. The van der Waals surface area contributed by atoms with Crippen LogP contribution in [-0.2, 0) is 5.75 Å². The molecule has 0 unspecified atom stereocenters. The molecule has 24 heavy (non-hydrogen) atoms. The molecule has 2 aromatic rings. The summed E-state index contributed by atoms with van der Waals surface area (Å²) in [7, 11) is 0. The first-order valence-electron chi connectivity index (χ1n) is 8.63. The molecule has 0 radical (unpaired) electrons. The average Bonchev–Trinajstić information content (AvgIpc) is 2.85. The number of aromatic nitrogens is 1. The number of rotatable bonds is 4. The van der Waals surface area contributed by atoms with Gasteiger partial charge in [-0.2, -0.15) is 0 Å². The summed E-state index contributed by atoms with van der Waals surface area (Å²) in [6.07, 6.45) is 7.15. The van der Waals surface area contributed by atoms with E-state index in [4.69, 9.17) is 0 Å². The maximum atomic E-state index is 12.7. The topological polar surface area (TPSA) is 33.2 Å². The normalized spacial score (nSPS) is 18.2. The number of thioether (sulfide) groups is 1. The SMILES string of the molecule is C[C@@H]1CCCN(C(=O)c2ccc(SCc3cccnc3)cc2)CC1. The number of amides is 1. The molecule has 0 N–H and O–H groups in total. The number of nitrogens with zero attached hydrogens (tertiary/aromatic N) is 2. The highest BCUT2D eigenvalue weighted by Gasteiger charge is 2.19. The fourth-order valence-corrected chi connectivity index (χ4v) is 3.83. The van der Waals surface area contributed by atoms with Crippen molar-refractivity contribution in [2.75, 3.05) is 13.1 Å². The molecule has 1 fully saturated rings. The highest BCUT2D eigenvalue weighted by Crippen LogP contribution is 2.24. The van der Waals surface area contributed by atoms with Crippen LogP contribution in [0.2, 0.25) is 0 Å². The first kappa shape index (κ1) is 17.0. The molecular weight excluding hydrogens is 316 g/mol. The number of pyridine rings is 1. The Morgan fingerprint density at radius 2 is 2.04 bits per heavy atom. The number of benzene rings is 1. The Morgan fingerprint density at radius 1 is 1.21 bits per heavy atom. The zero-order valence-corrected chi connectivity index (χ0v) is 15.0. The monoisotopic (exact) mass is 340 g/mol. The first-order chi connectivity index (χ1) is 11.7. The van der Waals surface area contributed by atoms with Crippen LogP contribution in [0.3, 0.4) is 0 Å². The molecule has 3 nitrogen and oxygen atoms in total. The Hall–Kier alpha value is -1.81. The third-order valence-electron chi connectivity index (χ3n) is 4.53.